The lowest BCUT2D eigenvalue weighted by Gasteiger charge is -2.27. The van der Waals surface area contributed by atoms with Gasteiger partial charge in [-0.1, -0.05) is 0 Å². The lowest BCUT2D eigenvalue weighted by atomic mass is 10.2. The predicted octanol–water partition coefficient (Wildman–Crippen LogP) is 2.46. The third kappa shape index (κ3) is 2.86. The molecular formula is C16H19N3O2. The largest absolute Gasteiger partial charge is 0.486 e. The Morgan fingerprint density at radius 3 is 2.48 bits per heavy atom. The number of aromatic nitrogens is 1. The number of nitrogen functional groups attached to an aromatic ring is 1. The van der Waals surface area contributed by atoms with Gasteiger partial charge in [0.1, 0.15) is 13.2 Å². The lowest BCUT2D eigenvalue weighted by molar-refractivity contribution is 0.172. The highest BCUT2D eigenvalue weighted by molar-refractivity contribution is 5.73. The number of hydrogen-bond acceptors (Lipinski definition) is 5. The summed E-state index contributed by atoms with van der Waals surface area (Å²) >= 11 is 0. The number of benzene rings is 1. The summed E-state index contributed by atoms with van der Waals surface area (Å²) in [6.07, 6.45) is 3.60. The van der Waals surface area contributed by atoms with Gasteiger partial charge in [0.05, 0.1) is 11.4 Å². The van der Waals surface area contributed by atoms with E-state index in [0.717, 1.165) is 30.3 Å². The Balaban J connectivity index is 1.90. The molecule has 3 rings (SSSR count). The molecule has 2 N–H and O–H groups in total. The maximum atomic E-state index is 6.19. The molecule has 1 aromatic heterocycles. The minimum Gasteiger partial charge on any atom is -0.486 e. The van der Waals surface area contributed by atoms with Gasteiger partial charge >= 0.3 is 0 Å². The van der Waals surface area contributed by atoms with Crippen LogP contribution < -0.4 is 20.1 Å². The van der Waals surface area contributed by atoms with Crippen molar-refractivity contribution in [2.45, 2.75) is 13.5 Å². The summed E-state index contributed by atoms with van der Waals surface area (Å²) in [4.78, 5) is 6.26. The van der Waals surface area contributed by atoms with Gasteiger partial charge in [-0.05, 0) is 24.6 Å². The van der Waals surface area contributed by atoms with E-state index in [-0.39, 0.29) is 0 Å². The van der Waals surface area contributed by atoms with Gasteiger partial charge in [-0.3, -0.25) is 4.98 Å². The van der Waals surface area contributed by atoms with Crippen molar-refractivity contribution in [1.29, 1.82) is 0 Å². The summed E-state index contributed by atoms with van der Waals surface area (Å²) in [7, 11) is 0. The number of ether oxygens (including phenoxy) is 2. The van der Waals surface area contributed by atoms with Crippen molar-refractivity contribution in [3.8, 4) is 11.5 Å². The predicted molar refractivity (Wildman–Crippen MR) is 82.8 cm³/mol. The summed E-state index contributed by atoms with van der Waals surface area (Å²) in [6.45, 7) is 4.89. The maximum absolute atomic E-state index is 6.19. The van der Waals surface area contributed by atoms with E-state index in [4.69, 9.17) is 15.2 Å². The number of rotatable bonds is 4. The third-order valence-corrected chi connectivity index (χ3v) is 3.54. The van der Waals surface area contributed by atoms with Crippen molar-refractivity contribution >= 4 is 11.4 Å². The first-order valence-electron chi connectivity index (χ1n) is 7.11. The molecule has 0 saturated carbocycles. The van der Waals surface area contributed by atoms with E-state index in [1.54, 1.807) is 12.4 Å². The van der Waals surface area contributed by atoms with Crippen LogP contribution in [0.4, 0.5) is 11.4 Å². The van der Waals surface area contributed by atoms with E-state index in [0.29, 0.717) is 18.9 Å². The molecule has 2 heterocycles. The first kappa shape index (κ1) is 13.5. The monoisotopic (exact) mass is 285 g/mol. The van der Waals surface area contributed by atoms with Gasteiger partial charge < -0.3 is 20.1 Å². The Morgan fingerprint density at radius 1 is 1.14 bits per heavy atom. The van der Waals surface area contributed by atoms with Crippen molar-refractivity contribution < 1.29 is 9.47 Å². The van der Waals surface area contributed by atoms with E-state index in [2.05, 4.69) is 16.8 Å². The number of fused-ring (bicyclic) bond motifs is 1. The average Bonchev–Trinajstić information content (AvgIpc) is 2.53. The molecule has 0 aliphatic carbocycles. The molecule has 0 spiro atoms. The van der Waals surface area contributed by atoms with Gasteiger partial charge in [0.15, 0.2) is 11.5 Å². The highest BCUT2D eigenvalue weighted by Gasteiger charge is 2.17. The Kier molecular flexibility index (Phi) is 3.81. The van der Waals surface area contributed by atoms with E-state index < -0.39 is 0 Å². The van der Waals surface area contributed by atoms with Crippen LogP contribution in [0.3, 0.4) is 0 Å². The highest BCUT2D eigenvalue weighted by atomic mass is 16.6. The fraction of sp³-hybridized carbons (Fsp3) is 0.312. The first-order valence-corrected chi connectivity index (χ1v) is 7.11. The lowest BCUT2D eigenvalue weighted by Crippen LogP contribution is -2.24. The molecule has 5 nitrogen and oxygen atoms in total. The zero-order valence-electron chi connectivity index (χ0n) is 12.1. The van der Waals surface area contributed by atoms with Crippen LogP contribution in [-0.4, -0.2) is 24.7 Å². The van der Waals surface area contributed by atoms with Gasteiger partial charge in [0, 0.05) is 37.6 Å². The van der Waals surface area contributed by atoms with Gasteiger partial charge in [-0.2, -0.15) is 0 Å². The highest BCUT2D eigenvalue weighted by Crippen LogP contribution is 2.38. The molecule has 1 aliphatic rings. The van der Waals surface area contributed by atoms with Crippen molar-refractivity contribution in [2.24, 2.45) is 0 Å². The molecule has 0 unspecified atom stereocenters. The number of nitrogens with two attached hydrogens (primary N) is 1. The molecule has 0 radical (unpaired) electrons. The van der Waals surface area contributed by atoms with Crippen LogP contribution in [-0.2, 0) is 6.54 Å². The third-order valence-electron chi connectivity index (χ3n) is 3.54. The molecule has 0 fully saturated rings. The zero-order valence-corrected chi connectivity index (χ0v) is 12.1. The van der Waals surface area contributed by atoms with Gasteiger partial charge in [-0.25, -0.2) is 0 Å². The molecule has 110 valence electrons. The molecule has 1 aromatic carbocycles. The van der Waals surface area contributed by atoms with Crippen LogP contribution in [0.5, 0.6) is 11.5 Å². The smallest absolute Gasteiger partial charge is 0.163 e. The Bertz CT molecular complexity index is 616. The Hall–Kier alpha value is -2.43. The van der Waals surface area contributed by atoms with Gasteiger partial charge in [-0.15, -0.1) is 0 Å². The molecule has 2 aromatic rings. The van der Waals surface area contributed by atoms with Crippen molar-refractivity contribution in [1.82, 2.24) is 4.98 Å². The average molecular weight is 285 g/mol. The van der Waals surface area contributed by atoms with E-state index in [9.17, 15) is 0 Å². The van der Waals surface area contributed by atoms with Crippen LogP contribution in [0.15, 0.2) is 36.7 Å². The Labute approximate surface area is 124 Å². The van der Waals surface area contributed by atoms with Crippen molar-refractivity contribution in [2.75, 3.05) is 30.4 Å². The second-order valence-electron chi connectivity index (χ2n) is 4.92. The summed E-state index contributed by atoms with van der Waals surface area (Å²) in [5.41, 5.74) is 9.06. The van der Waals surface area contributed by atoms with Crippen LogP contribution in [0.1, 0.15) is 12.5 Å². The fourth-order valence-corrected chi connectivity index (χ4v) is 2.44. The number of pyridine rings is 1. The zero-order chi connectivity index (χ0) is 14.7. The summed E-state index contributed by atoms with van der Waals surface area (Å²) in [6, 6.07) is 7.83. The van der Waals surface area contributed by atoms with E-state index in [1.165, 1.54) is 5.56 Å². The van der Waals surface area contributed by atoms with E-state index >= 15 is 0 Å². The number of nitrogens with zero attached hydrogens (tertiary/aromatic N) is 2. The number of anilines is 2. The number of hydrogen-bond donors (Lipinski definition) is 1. The Morgan fingerprint density at radius 2 is 1.81 bits per heavy atom. The quantitative estimate of drug-likeness (QED) is 0.874. The molecule has 0 bridgehead atoms. The van der Waals surface area contributed by atoms with Gasteiger partial charge in [0.25, 0.3) is 0 Å². The first-order chi connectivity index (χ1) is 10.3. The second-order valence-corrected chi connectivity index (χ2v) is 4.92. The van der Waals surface area contributed by atoms with Crippen LogP contribution in [0.2, 0.25) is 0 Å². The molecule has 5 heteroatoms. The summed E-state index contributed by atoms with van der Waals surface area (Å²) in [5.74, 6) is 1.49. The van der Waals surface area contributed by atoms with Crippen LogP contribution in [0, 0.1) is 0 Å². The maximum Gasteiger partial charge on any atom is 0.163 e. The standard InChI is InChI=1S/C16H19N3O2/c1-2-19(11-12-3-5-18-6-4-12)14-10-16-15(9-13(14)17)20-7-8-21-16/h3-6,9-10H,2,7-8,11,17H2,1H3. The molecule has 0 saturated heterocycles. The molecule has 1 aliphatic heterocycles. The van der Waals surface area contributed by atoms with Crippen LogP contribution >= 0.6 is 0 Å². The van der Waals surface area contributed by atoms with Crippen LogP contribution in [0.25, 0.3) is 0 Å². The minimum atomic E-state index is 0.570. The van der Waals surface area contributed by atoms with Crippen molar-refractivity contribution in [3.63, 3.8) is 0 Å². The summed E-state index contributed by atoms with van der Waals surface area (Å²) < 4.78 is 11.2. The topological polar surface area (TPSA) is 60.6 Å². The fourth-order valence-electron chi connectivity index (χ4n) is 2.44. The molecule has 0 atom stereocenters. The van der Waals surface area contributed by atoms with Gasteiger partial charge in [0.2, 0.25) is 0 Å². The van der Waals surface area contributed by atoms with Crippen molar-refractivity contribution in [3.05, 3.63) is 42.2 Å². The molecular weight excluding hydrogens is 266 g/mol. The minimum absolute atomic E-state index is 0.570. The summed E-state index contributed by atoms with van der Waals surface area (Å²) in [5, 5.41) is 0. The SMILES string of the molecule is CCN(Cc1ccncc1)c1cc2c(cc1N)OCCO2. The van der Waals surface area contributed by atoms with E-state index in [1.807, 2.05) is 24.3 Å². The second kappa shape index (κ2) is 5.91. The molecule has 21 heavy (non-hydrogen) atoms. The normalized spacial score (nSPS) is 13.0. The molecule has 0 amide bonds.